The van der Waals surface area contributed by atoms with Crippen LogP contribution in [0.5, 0.6) is 0 Å². The van der Waals surface area contributed by atoms with Gasteiger partial charge in [-0.25, -0.2) is 9.13 Å². The van der Waals surface area contributed by atoms with Crippen molar-refractivity contribution in [3.63, 3.8) is 0 Å². The summed E-state index contributed by atoms with van der Waals surface area (Å²) in [5.74, 6) is -1.41. The maximum absolute atomic E-state index is 13.0. The zero-order valence-electron chi connectivity index (χ0n) is 53.3. The van der Waals surface area contributed by atoms with Gasteiger partial charge in [0, 0.05) is 25.7 Å². The van der Waals surface area contributed by atoms with Crippen molar-refractivity contribution >= 4 is 39.5 Å². The summed E-state index contributed by atoms with van der Waals surface area (Å²) in [5, 5.41) is 10.5. The number of phosphoric acid groups is 2. The van der Waals surface area contributed by atoms with Crippen LogP contribution in [0.25, 0.3) is 0 Å². The largest absolute Gasteiger partial charge is 0.472 e. The molecule has 0 aliphatic heterocycles. The molecule has 0 aromatic carbocycles. The van der Waals surface area contributed by atoms with Crippen molar-refractivity contribution in [1.82, 2.24) is 0 Å². The number of aliphatic hydroxyl groups is 1. The Balaban J connectivity index is 5.22. The number of hydrogen-bond donors (Lipinski definition) is 3. The minimum Gasteiger partial charge on any atom is -0.462 e. The first-order valence-corrected chi connectivity index (χ1v) is 36.6. The number of aliphatic hydroxyl groups excluding tert-OH is 1. The predicted molar refractivity (Wildman–Crippen MR) is 331 cm³/mol. The molecule has 0 aliphatic carbocycles. The monoisotopic (exact) mass is 1230 g/mol. The quantitative estimate of drug-likeness (QED) is 0.0222. The second kappa shape index (κ2) is 57.8. The Bertz CT molecular complexity index is 1620. The molecule has 492 valence electrons. The van der Waals surface area contributed by atoms with Gasteiger partial charge in [0.15, 0.2) is 12.2 Å². The molecule has 0 radical (unpaired) electrons. The maximum atomic E-state index is 13.0. The van der Waals surface area contributed by atoms with Gasteiger partial charge < -0.3 is 33.8 Å². The van der Waals surface area contributed by atoms with E-state index < -0.39 is 97.5 Å². The highest BCUT2D eigenvalue weighted by molar-refractivity contribution is 7.47. The van der Waals surface area contributed by atoms with E-state index in [1.54, 1.807) is 0 Å². The Morgan fingerprint density at radius 1 is 0.325 bits per heavy atom. The van der Waals surface area contributed by atoms with Crippen molar-refractivity contribution in [2.75, 3.05) is 39.6 Å². The van der Waals surface area contributed by atoms with Crippen molar-refractivity contribution < 1.29 is 80.2 Å². The average Bonchev–Trinajstić information content (AvgIpc) is 3.45. The zero-order valence-corrected chi connectivity index (χ0v) is 55.1. The van der Waals surface area contributed by atoms with E-state index in [9.17, 15) is 43.2 Å². The molecule has 0 bridgehead atoms. The fraction of sp³-hybridized carbons (Fsp3) is 0.938. The van der Waals surface area contributed by atoms with Crippen molar-refractivity contribution in [2.45, 2.75) is 342 Å². The molecule has 0 amide bonds. The van der Waals surface area contributed by atoms with Crippen LogP contribution in [-0.2, 0) is 65.4 Å². The van der Waals surface area contributed by atoms with E-state index in [0.717, 1.165) is 95.8 Å². The highest BCUT2D eigenvalue weighted by atomic mass is 31.2. The number of phosphoric ester groups is 2. The van der Waals surface area contributed by atoms with Gasteiger partial charge in [0.1, 0.15) is 19.3 Å². The number of unbranched alkanes of at least 4 members (excludes halogenated alkanes) is 36. The molecule has 17 nitrogen and oxygen atoms in total. The number of rotatable bonds is 64. The van der Waals surface area contributed by atoms with E-state index in [4.69, 9.17) is 37.0 Å². The molecule has 5 atom stereocenters. The van der Waals surface area contributed by atoms with Crippen LogP contribution in [0.1, 0.15) is 324 Å². The van der Waals surface area contributed by atoms with Crippen molar-refractivity contribution in [1.29, 1.82) is 0 Å². The minimum absolute atomic E-state index is 0.106. The molecule has 0 aromatic heterocycles. The van der Waals surface area contributed by atoms with E-state index in [2.05, 4.69) is 34.6 Å². The van der Waals surface area contributed by atoms with E-state index in [1.807, 2.05) is 0 Å². The SMILES string of the molecule is CCCCCCCCCCCCCCCCC(=O)O[C@H](COC(=O)CCCCCCCCCCC(C)C)COP(=O)(O)OC[C@@H](O)COP(=O)(O)OC[C@@H](COC(=O)CCCCCCCCCCC)OC(=O)CCCCCCCCCCC. The molecule has 19 heteroatoms. The number of carbonyl (C=O) groups is 4. The molecule has 3 N–H and O–H groups in total. The number of hydrogen-bond acceptors (Lipinski definition) is 15. The van der Waals surface area contributed by atoms with E-state index in [0.29, 0.717) is 25.7 Å². The van der Waals surface area contributed by atoms with Gasteiger partial charge >= 0.3 is 39.5 Å². The highest BCUT2D eigenvalue weighted by Gasteiger charge is 2.30. The number of carbonyl (C=O) groups excluding carboxylic acids is 4. The van der Waals surface area contributed by atoms with Crippen LogP contribution >= 0.6 is 15.6 Å². The van der Waals surface area contributed by atoms with Crippen LogP contribution in [0, 0.1) is 5.92 Å². The molecule has 0 saturated carbocycles. The fourth-order valence-corrected chi connectivity index (χ4v) is 11.2. The molecular weight excluding hydrogens is 1100 g/mol. The lowest BCUT2D eigenvalue weighted by atomic mass is 10.0. The summed E-state index contributed by atoms with van der Waals surface area (Å²) in [5.41, 5.74) is 0. The Morgan fingerprint density at radius 3 is 0.819 bits per heavy atom. The summed E-state index contributed by atoms with van der Waals surface area (Å²) < 4.78 is 67.9. The summed E-state index contributed by atoms with van der Waals surface area (Å²) in [6.07, 6.45) is 41.7. The average molecular weight is 1230 g/mol. The zero-order chi connectivity index (χ0) is 61.3. The molecule has 0 aliphatic rings. The molecule has 83 heavy (non-hydrogen) atoms. The van der Waals surface area contributed by atoms with E-state index in [-0.39, 0.29) is 25.7 Å². The maximum Gasteiger partial charge on any atom is 0.472 e. The summed E-state index contributed by atoms with van der Waals surface area (Å²) in [4.78, 5) is 72.1. The van der Waals surface area contributed by atoms with Crippen molar-refractivity contribution in [3.8, 4) is 0 Å². The molecule has 0 spiro atoms. The van der Waals surface area contributed by atoms with Crippen molar-refractivity contribution in [2.24, 2.45) is 5.92 Å². The molecular formula is C64H124O17P2. The van der Waals surface area contributed by atoms with Crippen molar-refractivity contribution in [3.05, 3.63) is 0 Å². The summed E-state index contributed by atoms with van der Waals surface area (Å²) in [6, 6.07) is 0. The summed E-state index contributed by atoms with van der Waals surface area (Å²) in [7, 11) is -9.88. The van der Waals surface area contributed by atoms with Crippen LogP contribution in [0.15, 0.2) is 0 Å². The Morgan fingerprint density at radius 2 is 0.554 bits per heavy atom. The van der Waals surface area contributed by atoms with Crippen LogP contribution in [0.3, 0.4) is 0 Å². The molecule has 0 saturated heterocycles. The van der Waals surface area contributed by atoms with Crippen LogP contribution in [-0.4, -0.2) is 96.7 Å². The molecule has 0 rings (SSSR count). The molecule has 2 unspecified atom stereocenters. The predicted octanol–water partition coefficient (Wildman–Crippen LogP) is 17.8. The fourth-order valence-electron chi connectivity index (χ4n) is 9.58. The Kier molecular flexibility index (Phi) is 56.4. The van der Waals surface area contributed by atoms with Gasteiger partial charge in [0.25, 0.3) is 0 Å². The Labute approximate surface area is 505 Å². The standard InChI is InChI=1S/C64H124O17P2/c1-6-9-12-15-18-21-22-23-24-25-28-35-40-45-50-64(69)81-60(54-75-62(67)48-43-38-33-30-29-31-36-41-46-57(4)5)56-79-83(72,73)77-52-58(65)51-76-82(70,71)78-55-59(80-63(68)49-44-39-34-27-20-17-14-11-8-3)53-74-61(66)47-42-37-32-26-19-16-13-10-7-2/h57-60,65H,6-56H2,1-5H3,(H,70,71)(H,72,73)/t58-,59+,60+/m0/s1. The van der Waals surface area contributed by atoms with E-state index in [1.165, 1.54) is 148 Å². The molecule has 0 heterocycles. The lowest BCUT2D eigenvalue weighted by Crippen LogP contribution is -2.30. The van der Waals surface area contributed by atoms with Gasteiger partial charge in [-0.2, -0.15) is 0 Å². The van der Waals surface area contributed by atoms with Crippen LogP contribution < -0.4 is 0 Å². The minimum atomic E-state index is -4.94. The van der Waals surface area contributed by atoms with Gasteiger partial charge in [-0.1, -0.05) is 272 Å². The van der Waals surface area contributed by atoms with Crippen LogP contribution in [0.4, 0.5) is 0 Å². The summed E-state index contributed by atoms with van der Waals surface area (Å²) >= 11 is 0. The van der Waals surface area contributed by atoms with Crippen LogP contribution in [0.2, 0.25) is 0 Å². The molecule has 0 aromatic rings. The number of ether oxygens (including phenoxy) is 4. The third kappa shape index (κ3) is 58.8. The first-order chi connectivity index (χ1) is 40.0. The normalized spacial score (nSPS) is 14.2. The topological polar surface area (TPSA) is 237 Å². The van der Waals surface area contributed by atoms with Gasteiger partial charge in [0.05, 0.1) is 26.4 Å². The van der Waals surface area contributed by atoms with Gasteiger partial charge in [0.2, 0.25) is 0 Å². The lowest BCUT2D eigenvalue weighted by molar-refractivity contribution is -0.161. The number of esters is 4. The second-order valence-electron chi connectivity index (χ2n) is 23.6. The van der Waals surface area contributed by atoms with Gasteiger partial charge in [-0.15, -0.1) is 0 Å². The van der Waals surface area contributed by atoms with Gasteiger partial charge in [-0.05, 0) is 31.6 Å². The first kappa shape index (κ1) is 81.1. The van der Waals surface area contributed by atoms with Gasteiger partial charge in [-0.3, -0.25) is 37.3 Å². The highest BCUT2D eigenvalue weighted by Crippen LogP contribution is 2.45. The third-order valence-corrected chi connectivity index (χ3v) is 16.7. The Hall–Kier alpha value is -1.94. The summed E-state index contributed by atoms with van der Waals surface area (Å²) in [6.45, 7) is 7.13. The third-order valence-electron chi connectivity index (χ3n) is 14.8. The van der Waals surface area contributed by atoms with E-state index >= 15 is 0 Å². The lowest BCUT2D eigenvalue weighted by Gasteiger charge is -2.21. The second-order valence-corrected chi connectivity index (χ2v) is 26.5. The smallest absolute Gasteiger partial charge is 0.462 e. The molecule has 0 fully saturated rings. The first-order valence-electron chi connectivity index (χ1n) is 33.6.